The third-order valence-corrected chi connectivity index (χ3v) is 3.43. The Balaban J connectivity index is 1.61. The molecule has 0 bridgehead atoms. The van der Waals surface area contributed by atoms with Gasteiger partial charge in [0.2, 0.25) is 5.88 Å². The molecule has 0 saturated heterocycles. The van der Waals surface area contributed by atoms with E-state index in [0.29, 0.717) is 36.5 Å². The normalized spacial score (nSPS) is 14.0. The molecule has 0 spiro atoms. The lowest BCUT2D eigenvalue weighted by molar-refractivity contribution is 0.290. The minimum atomic E-state index is -0.236. The van der Waals surface area contributed by atoms with Crippen molar-refractivity contribution in [1.82, 2.24) is 4.98 Å². The first-order chi connectivity index (χ1) is 10.2. The van der Waals surface area contributed by atoms with E-state index in [1.807, 2.05) is 6.07 Å². The molecule has 0 unspecified atom stereocenters. The van der Waals surface area contributed by atoms with Crippen LogP contribution in [-0.4, -0.2) is 11.6 Å². The fourth-order valence-electron chi connectivity index (χ4n) is 1.94. The molecule has 3 rings (SSSR count). The number of nitrogens with one attached hydrogen (secondary N) is 1. The fraction of sp³-hybridized carbons (Fsp3) is 0.312. The van der Waals surface area contributed by atoms with Gasteiger partial charge in [-0.3, -0.25) is 0 Å². The van der Waals surface area contributed by atoms with Gasteiger partial charge in [0.1, 0.15) is 11.6 Å². The number of nitrogens with zero attached hydrogens (tertiary/aromatic N) is 1. The predicted octanol–water partition coefficient (Wildman–Crippen LogP) is 3.20. The van der Waals surface area contributed by atoms with E-state index in [2.05, 4.69) is 10.3 Å². The molecule has 0 aliphatic heterocycles. The zero-order chi connectivity index (χ0) is 14.7. The van der Waals surface area contributed by atoms with Gasteiger partial charge in [0.05, 0.1) is 12.3 Å². The molecule has 1 fully saturated rings. The smallest absolute Gasteiger partial charge is 0.239 e. The van der Waals surface area contributed by atoms with E-state index in [0.717, 1.165) is 5.56 Å². The third kappa shape index (κ3) is 3.84. The number of hydrogen-bond acceptors (Lipinski definition) is 4. The number of hydrogen-bond donors (Lipinski definition) is 2. The lowest BCUT2D eigenvalue weighted by Gasteiger charge is -2.10. The zero-order valence-electron chi connectivity index (χ0n) is 11.7. The van der Waals surface area contributed by atoms with Crippen molar-refractivity contribution in [2.45, 2.75) is 19.4 Å². The van der Waals surface area contributed by atoms with Crippen molar-refractivity contribution in [3.63, 3.8) is 0 Å². The summed E-state index contributed by atoms with van der Waals surface area (Å²) in [5, 5.41) is 3.18. The first-order valence-corrected chi connectivity index (χ1v) is 7.08. The Bertz CT molecular complexity index is 611. The molecule has 1 saturated carbocycles. The number of rotatable bonds is 6. The Kier molecular flexibility index (Phi) is 3.90. The van der Waals surface area contributed by atoms with Crippen molar-refractivity contribution in [2.75, 3.05) is 17.7 Å². The zero-order valence-corrected chi connectivity index (χ0v) is 11.7. The van der Waals surface area contributed by atoms with Gasteiger partial charge in [0.25, 0.3) is 0 Å². The predicted molar refractivity (Wildman–Crippen MR) is 80.6 cm³/mol. The van der Waals surface area contributed by atoms with Gasteiger partial charge in [-0.15, -0.1) is 0 Å². The molecule has 1 aromatic carbocycles. The van der Waals surface area contributed by atoms with Crippen LogP contribution in [0.1, 0.15) is 18.4 Å². The Morgan fingerprint density at radius 3 is 2.67 bits per heavy atom. The molecule has 21 heavy (non-hydrogen) atoms. The summed E-state index contributed by atoms with van der Waals surface area (Å²) in [6, 6.07) is 9.95. The molecule has 3 N–H and O–H groups in total. The van der Waals surface area contributed by atoms with Gasteiger partial charge in [0, 0.05) is 6.54 Å². The minimum Gasteiger partial charge on any atom is -0.476 e. The molecule has 0 radical (unpaired) electrons. The summed E-state index contributed by atoms with van der Waals surface area (Å²) in [6.45, 7) is 1.25. The maximum absolute atomic E-state index is 12.8. The summed E-state index contributed by atoms with van der Waals surface area (Å²) >= 11 is 0. The number of nitrogen functional groups attached to an aromatic ring is 1. The van der Waals surface area contributed by atoms with E-state index in [1.165, 1.54) is 25.0 Å². The molecule has 0 atom stereocenters. The summed E-state index contributed by atoms with van der Waals surface area (Å²) in [4.78, 5) is 4.37. The summed E-state index contributed by atoms with van der Waals surface area (Å²) in [5.74, 6) is 1.59. The Labute approximate surface area is 123 Å². The van der Waals surface area contributed by atoms with E-state index < -0.39 is 0 Å². The molecule has 1 heterocycles. The number of halogens is 1. The van der Waals surface area contributed by atoms with Gasteiger partial charge in [0.15, 0.2) is 0 Å². The number of nitrogens with two attached hydrogens (primary N) is 1. The first-order valence-electron chi connectivity index (χ1n) is 7.08. The average Bonchev–Trinajstić information content (AvgIpc) is 3.31. The maximum Gasteiger partial charge on any atom is 0.239 e. The molecule has 1 aliphatic rings. The van der Waals surface area contributed by atoms with Crippen LogP contribution in [0, 0.1) is 11.7 Å². The van der Waals surface area contributed by atoms with Crippen LogP contribution in [0.4, 0.5) is 15.9 Å². The molecule has 110 valence electrons. The second kappa shape index (κ2) is 5.99. The number of pyridine rings is 1. The molecule has 2 aromatic rings. The first kappa shape index (κ1) is 13.7. The third-order valence-electron chi connectivity index (χ3n) is 3.43. The van der Waals surface area contributed by atoms with Crippen LogP contribution in [-0.2, 0) is 6.54 Å². The van der Waals surface area contributed by atoms with Crippen LogP contribution < -0.4 is 15.8 Å². The van der Waals surface area contributed by atoms with Crippen molar-refractivity contribution < 1.29 is 9.13 Å². The second-order valence-electron chi connectivity index (χ2n) is 5.33. The van der Waals surface area contributed by atoms with Crippen LogP contribution in [0.25, 0.3) is 0 Å². The molecule has 5 heteroatoms. The van der Waals surface area contributed by atoms with Gasteiger partial charge < -0.3 is 15.8 Å². The Hall–Kier alpha value is -2.30. The fourth-order valence-corrected chi connectivity index (χ4v) is 1.94. The van der Waals surface area contributed by atoms with Crippen molar-refractivity contribution in [1.29, 1.82) is 0 Å². The molecule has 1 aromatic heterocycles. The van der Waals surface area contributed by atoms with E-state index in [-0.39, 0.29) is 5.82 Å². The van der Waals surface area contributed by atoms with Crippen molar-refractivity contribution in [2.24, 2.45) is 5.92 Å². The van der Waals surface area contributed by atoms with E-state index >= 15 is 0 Å². The van der Waals surface area contributed by atoms with Crippen molar-refractivity contribution in [3.8, 4) is 5.88 Å². The van der Waals surface area contributed by atoms with Gasteiger partial charge in [-0.1, -0.05) is 12.1 Å². The van der Waals surface area contributed by atoms with Gasteiger partial charge in [-0.25, -0.2) is 4.39 Å². The molecule has 4 nitrogen and oxygen atoms in total. The van der Waals surface area contributed by atoms with Crippen molar-refractivity contribution >= 4 is 11.5 Å². The van der Waals surface area contributed by atoms with Crippen LogP contribution >= 0.6 is 0 Å². The summed E-state index contributed by atoms with van der Waals surface area (Å²) in [5.41, 5.74) is 7.39. The Morgan fingerprint density at radius 2 is 1.95 bits per heavy atom. The van der Waals surface area contributed by atoms with E-state index in [9.17, 15) is 4.39 Å². The van der Waals surface area contributed by atoms with Crippen LogP contribution in [0.5, 0.6) is 5.88 Å². The number of anilines is 2. The molecular formula is C16H18FN3O. The number of aromatic nitrogens is 1. The highest BCUT2D eigenvalue weighted by molar-refractivity contribution is 5.53. The molecular weight excluding hydrogens is 269 g/mol. The number of ether oxygens (including phenoxy) is 1. The lowest BCUT2D eigenvalue weighted by atomic mass is 10.2. The maximum atomic E-state index is 12.8. The topological polar surface area (TPSA) is 60.2 Å². The van der Waals surface area contributed by atoms with Crippen molar-refractivity contribution in [3.05, 3.63) is 47.8 Å². The summed E-state index contributed by atoms with van der Waals surface area (Å²) in [6.07, 6.45) is 2.45. The minimum absolute atomic E-state index is 0.236. The highest BCUT2D eigenvalue weighted by Crippen LogP contribution is 2.30. The number of benzene rings is 1. The quantitative estimate of drug-likeness (QED) is 0.856. The Morgan fingerprint density at radius 1 is 1.19 bits per heavy atom. The summed E-state index contributed by atoms with van der Waals surface area (Å²) in [7, 11) is 0. The van der Waals surface area contributed by atoms with Gasteiger partial charge in [-0.05, 0) is 48.6 Å². The van der Waals surface area contributed by atoms with Crippen LogP contribution in [0.15, 0.2) is 36.4 Å². The average molecular weight is 287 g/mol. The standard InChI is InChI=1S/C16H18FN3O/c17-13-5-3-11(4-6-13)9-19-15-8-7-14(18)16(20-15)21-10-12-1-2-12/h3-8,12H,1-2,9-10,18H2,(H,19,20). The highest BCUT2D eigenvalue weighted by atomic mass is 19.1. The monoisotopic (exact) mass is 287 g/mol. The summed E-state index contributed by atoms with van der Waals surface area (Å²) < 4.78 is 18.5. The van der Waals surface area contributed by atoms with Crippen LogP contribution in [0.2, 0.25) is 0 Å². The largest absolute Gasteiger partial charge is 0.476 e. The highest BCUT2D eigenvalue weighted by Gasteiger charge is 2.22. The van der Waals surface area contributed by atoms with Gasteiger partial charge >= 0.3 is 0 Å². The van der Waals surface area contributed by atoms with Gasteiger partial charge in [-0.2, -0.15) is 4.98 Å². The van der Waals surface area contributed by atoms with E-state index in [1.54, 1.807) is 18.2 Å². The second-order valence-corrected chi connectivity index (χ2v) is 5.33. The molecule has 1 aliphatic carbocycles. The lowest BCUT2D eigenvalue weighted by Crippen LogP contribution is -2.07. The SMILES string of the molecule is Nc1ccc(NCc2ccc(F)cc2)nc1OCC1CC1. The molecule has 0 amide bonds. The van der Waals surface area contributed by atoms with E-state index in [4.69, 9.17) is 10.5 Å². The van der Waals surface area contributed by atoms with Crippen LogP contribution in [0.3, 0.4) is 0 Å².